The first-order valence-electron chi connectivity index (χ1n) is 20.2. The molecule has 1 heterocycles. The number of aliphatic carboxylic acids is 1. The van der Waals surface area contributed by atoms with Crippen LogP contribution in [0, 0.1) is 6.92 Å². The molecular formula is C50H65N2O2+. The second-order valence-electron chi connectivity index (χ2n) is 17.5. The molecular weight excluding hydrogens is 661 g/mol. The number of carboxylic acids is 1. The number of carbonyl (C=O) groups is 1. The average Bonchev–Trinajstić information content (AvgIpc) is 3.34. The molecule has 0 radical (unpaired) electrons. The van der Waals surface area contributed by atoms with E-state index in [0.29, 0.717) is 6.42 Å². The maximum atomic E-state index is 11.3. The van der Waals surface area contributed by atoms with Crippen LogP contribution in [0.15, 0.2) is 126 Å². The smallest absolute Gasteiger partial charge is 0.303 e. The standard InChI is InChI=1S/C50H64N2O2/c1-10-11-21-42(49(3,4)43-22-13-12-18-37(43)2)32-30-39-19-16-20-40(48(39)41-28-25-38(26-29-41)27-34-47(53)54)31-33-46-50(5,6)44-23-14-15-24-45(44)51(46)35-17-36-52(7,8)9/h12-15,18,21-26,28-33H,10-11,16-17,19-20,27,34-36H2,1-9H3/p+1/b32-30+,40-31+,42-21+,46-33+. The van der Waals surface area contributed by atoms with Crippen molar-refractivity contribution in [2.75, 3.05) is 39.1 Å². The molecule has 0 saturated heterocycles. The van der Waals surface area contributed by atoms with Crippen LogP contribution >= 0.6 is 0 Å². The molecule has 0 unspecified atom stereocenters. The summed E-state index contributed by atoms with van der Waals surface area (Å²) in [7, 11) is 6.82. The summed E-state index contributed by atoms with van der Waals surface area (Å²) >= 11 is 0. The Hall–Kier alpha value is -4.41. The van der Waals surface area contributed by atoms with E-state index >= 15 is 0 Å². The summed E-state index contributed by atoms with van der Waals surface area (Å²) < 4.78 is 0.957. The van der Waals surface area contributed by atoms with Gasteiger partial charge in [-0.25, -0.2) is 0 Å². The summed E-state index contributed by atoms with van der Waals surface area (Å²) in [6.07, 6.45) is 19.1. The minimum atomic E-state index is -0.760. The number of fused-ring (bicyclic) bond motifs is 1. The van der Waals surface area contributed by atoms with Crippen molar-refractivity contribution in [3.63, 3.8) is 0 Å². The van der Waals surface area contributed by atoms with Crippen LogP contribution in [0.2, 0.25) is 0 Å². The summed E-state index contributed by atoms with van der Waals surface area (Å²) in [6.45, 7) is 16.0. The van der Waals surface area contributed by atoms with E-state index in [-0.39, 0.29) is 17.3 Å². The Kier molecular flexibility index (Phi) is 13.1. The number of anilines is 1. The Morgan fingerprint density at radius 2 is 1.65 bits per heavy atom. The zero-order valence-corrected chi connectivity index (χ0v) is 34.6. The van der Waals surface area contributed by atoms with Gasteiger partial charge >= 0.3 is 5.97 Å². The van der Waals surface area contributed by atoms with Gasteiger partial charge in [-0.1, -0.05) is 132 Å². The normalized spacial score (nSPS) is 17.9. The molecule has 286 valence electrons. The van der Waals surface area contributed by atoms with E-state index in [1.54, 1.807) is 0 Å². The minimum absolute atomic E-state index is 0.114. The van der Waals surface area contributed by atoms with Gasteiger partial charge in [-0.05, 0) is 101 Å². The number of quaternary nitrogens is 1. The van der Waals surface area contributed by atoms with E-state index < -0.39 is 5.97 Å². The van der Waals surface area contributed by atoms with Gasteiger partial charge in [0.05, 0.1) is 27.7 Å². The molecule has 0 saturated carbocycles. The summed E-state index contributed by atoms with van der Waals surface area (Å²) in [5, 5.41) is 9.31. The van der Waals surface area contributed by atoms with Gasteiger partial charge in [-0.2, -0.15) is 0 Å². The first-order valence-corrected chi connectivity index (χ1v) is 20.2. The van der Waals surface area contributed by atoms with Crippen molar-refractivity contribution >= 4 is 17.2 Å². The second-order valence-corrected chi connectivity index (χ2v) is 17.5. The lowest BCUT2D eigenvalue weighted by atomic mass is 9.74. The molecule has 4 nitrogen and oxygen atoms in total. The van der Waals surface area contributed by atoms with E-state index in [1.165, 1.54) is 55.9 Å². The molecule has 0 bridgehead atoms. The first-order chi connectivity index (χ1) is 25.6. The van der Waals surface area contributed by atoms with Crippen LogP contribution in [0.4, 0.5) is 5.69 Å². The van der Waals surface area contributed by atoms with E-state index in [0.717, 1.165) is 61.7 Å². The molecule has 3 aromatic carbocycles. The molecule has 0 amide bonds. The predicted octanol–water partition coefficient (Wildman–Crippen LogP) is 11.9. The lowest BCUT2D eigenvalue weighted by Crippen LogP contribution is -2.37. The van der Waals surface area contributed by atoms with Gasteiger partial charge in [0.15, 0.2) is 0 Å². The Morgan fingerprint density at radius 1 is 0.944 bits per heavy atom. The Labute approximate surface area is 326 Å². The summed E-state index contributed by atoms with van der Waals surface area (Å²) in [5.41, 5.74) is 14.2. The number of aryl methyl sites for hydroxylation is 2. The van der Waals surface area contributed by atoms with Crippen LogP contribution in [0.5, 0.6) is 0 Å². The fourth-order valence-corrected chi connectivity index (χ4v) is 8.43. The maximum Gasteiger partial charge on any atom is 0.303 e. The van der Waals surface area contributed by atoms with Crippen LogP contribution in [0.3, 0.4) is 0 Å². The summed E-state index contributed by atoms with van der Waals surface area (Å²) in [5.74, 6) is -0.760. The number of hydrogen-bond acceptors (Lipinski definition) is 2. The topological polar surface area (TPSA) is 40.5 Å². The Bertz CT molecular complexity index is 1940. The number of carboxylic acid groups (broad SMARTS) is 1. The third kappa shape index (κ3) is 9.63. The molecule has 0 atom stereocenters. The third-order valence-corrected chi connectivity index (χ3v) is 11.5. The molecule has 54 heavy (non-hydrogen) atoms. The molecule has 2 aliphatic rings. The Morgan fingerprint density at radius 3 is 2.33 bits per heavy atom. The third-order valence-electron chi connectivity index (χ3n) is 11.5. The number of para-hydroxylation sites is 1. The van der Waals surface area contributed by atoms with Crippen molar-refractivity contribution in [2.24, 2.45) is 0 Å². The van der Waals surface area contributed by atoms with Gasteiger partial charge < -0.3 is 14.5 Å². The molecule has 3 aromatic rings. The van der Waals surface area contributed by atoms with Crippen LogP contribution < -0.4 is 4.90 Å². The van der Waals surface area contributed by atoms with Gasteiger partial charge in [-0.15, -0.1) is 0 Å². The number of unbranched alkanes of at least 4 members (excludes halogenated alkanes) is 1. The van der Waals surface area contributed by atoms with Crippen molar-refractivity contribution < 1.29 is 14.4 Å². The molecule has 5 rings (SSSR count). The highest BCUT2D eigenvalue weighted by molar-refractivity contribution is 5.85. The highest BCUT2D eigenvalue weighted by Crippen LogP contribution is 2.48. The van der Waals surface area contributed by atoms with Crippen LogP contribution in [-0.4, -0.2) is 49.8 Å². The highest BCUT2D eigenvalue weighted by atomic mass is 16.4. The number of rotatable bonds is 15. The van der Waals surface area contributed by atoms with Gasteiger partial charge in [0.2, 0.25) is 0 Å². The van der Waals surface area contributed by atoms with Crippen molar-refractivity contribution in [1.29, 1.82) is 0 Å². The number of allylic oxidation sites excluding steroid dienone is 10. The van der Waals surface area contributed by atoms with Crippen molar-refractivity contribution in [1.82, 2.24) is 0 Å². The SMILES string of the molecule is CCC/C=C(\C=C\C1=C(c2ccc(CCC(=O)O)cc2)C(=C/C=C2/N(CCC[N+](C)(C)C)c3ccccc3C2(C)C)/CCC1)C(C)(C)c1ccccc1C. The summed E-state index contributed by atoms with van der Waals surface area (Å²) in [6, 6.07) is 26.4. The fraction of sp³-hybridized carbons (Fsp3) is 0.420. The van der Waals surface area contributed by atoms with Crippen LogP contribution in [0.1, 0.15) is 107 Å². The van der Waals surface area contributed by atoms with Gasteiger partial charge in [0.1, 0.15) is 0 Å². The number of benzene rings is 3. The van der Waals surface area contributed by atoms with Crippen molar-refractivity contribution in [3.05, 3.63) is 153 Å². The largest absolute Gasteiger partial charge is 0.481 e. The molecule has 1 aliphatic heterocycles. The molecule has 4 heteroatoms. The average molecular weight is 726 g/mol. The van der Waals surface area contributed by atoms with E-state index in [4.69, 9.17) is 0 Å². The van der Waals surface area contributed by atoms with Gasteiger partial charge in [-0.3, -0.25) is 4.79 Å². The molecule has 0 fully saturated rings. The number of nitrogens with zero attached hydrogens (tertiary/aromatic N) is 2. The number of hydrogen-bond donors (Lipinski definition) is 1. The Balaban J connectivity index is 1.62. The quantitative estimate of drug-likeness (QED) is 0.125. The van der Waals surface area contributed by atoms with E-state index in [2.05, 4.69) is 171 Å². The van der Waals surface area contributed by atoms with Gasteiger partial charge in [0, 0.05) is 41.6 Å². The maximum absolute atomic E-state index is 11.3. The predicted molar refractivity (Wildman–Crippen MR) is 230 cm³/mol. The van der Waals surface area contributed by atoms with Crippen molar-refractivity contribution in [2.45, 2.75) is 104 Å². The van der Waals surface area contributed by atoms with Gasteiger partial charge in [0.25, 0.3) is 0 Å². The second kappa shape index (κ2) is 17.4. The zero-order valence-electron chi connectivity index (χ0n) is 34.6. The monoisotopic (exact) mass is 726 g/mol. The molecule has 1 aliphatic carbocycles. The first kappa shape index (κ1) is 40.8. The molecule has 0 spiro atoms. The lowest BCUT2D eigenvalue weighted by molar-refractivity contribution is -0.870. The molecule has 1 N–H and O–H groups in total. The van der Waals surface area contributed by atoms with Crippen LogP contribution in [0.25, 0.3) is 5.57 Å². The van der Waals surface area contributed by atoms with E-state index in [9.17, 15) is 9.90 Å². The van der Waals surface area contributed by atoms with Crippen molar-refractivity contribution in [3.8, 4) is 0 Å². The van der Waals surface area contributed by atoms with Crippen LogP contribution in [-0.2, 0) is 22.0 Å². The minimum Gasteiger partial charge on any atom is -0.481 e. The lowest BCUT2D eigenvalue weighted by Gasteiger charge is -2.30. The fourth-order valence-electron chi connectivity index (χ4n) is 8.43. The van der Waals surface area contributed by atoms with E-state index in [1.807, 2.05) is 0 Å². The highest BCUT2D eigenvalue weighted by Gasteiger charge is 2.39. The zero-order chi connectivity index (χ0) is 39.1. The summed E-state index contributed by atoms with van der Waals surface area (Å²) in [4.78, 5) is 13.9. The molecule has 0 aromatic heterocycles.